The standard InChI is InChI=1S/C67H120O6/c1-4-7-10-13-16-19-22-25-28-31-32-33-34-37-39-42-45-48-51-54-57-60-66(69)72-63-64(73-67(70)61-58-55-52-49-46-43-40-36-30-27-24-21-18-15-12-9-6-3)62-71-65(68)59-56-53-50-47-44-41-38-35-29-26-23-20-17-14-11-8-5-2/h17,20,26-27,29-30,38,41,47,50,64H,4-16,18-19,21-25,28,31-37,39-40,42-46,48-49,51-63H2,1-3H3/b20-17-,29-26-,30-27-,41-38-,50-47-/t64-/m1/s1. The molecule has 424 valence electrons. The summed E-state index contributed by atoms with van der Waals surface area (Å²) in [5, 5.41) is 0. The first-order chi connectivity index (χ1) is 36.0. The van der Waals surface area contributed by atoms with E-state index in [-0.39, 0.29) is 37.5 Å². The third kappa shape index (κ3) is 59.9. The van der Waals surface area contributed by atoms with Gasteiger partial charge in [-0.2, -0.15) is 0 Å². The number of ether oxygens (including phenoxy) is 3. The molecule has 0 aromatic heterocycles. The van der Waals surface area contributed by atoms with E-state index in [1.54, 1.807) is 0 Å². The Labute approximate surface area is 453 Å². The molecule has 1 atom stereocenters. The van der Waals surface area contributed by atoms with E-state index >= 15 is 0 Å². The quantitative estimate of drug-likeness (QED) is 0.0261. The van der Waals surface area contributed by atoms with E-state index in [0.29, 0.717) is 19.3 Å². The van der Waals surface area contributed by atoms with E-state index < -0.39 is 6.10 Å². The summed E-state index contributed by atoms with van der Waals surface area (Å²) in [5.74, 6) is -0.935. The molecule has 0 N–H and O–H groups in total. The highest BCUT2D eigenvalue weighted by molar-refractivity contribution is 5.71. The number of carbonyl (C=O) groups excluding carboxylic acids is 3. The first kappa shape index (κ1) is 70.1. The third-order valence-electron chi connectivity index (χ3n) is 14.0. The van der Waals surface area contributed by atoms with Crippen LogP contribution in [0.25, 0.3) is 0 Å². The molecule has 0 aromatic rings. The minimum Gasteiger partial charge on any atom is -0.462 e. The number of hydrogen-bond donors (Lipinski definition) is 0. The molecule has 0 amide bonds. The van der Waals surface area contributed by atoms with Gasteiger partial charge in [0.05, 0.1) is 0 Å². The zero-order chi connectivity index (χ0) is 52.9. The molecule has 0 unspecified atom stereocenters. The van der Waals surface area contributed by atoms with Gasteiger partial charge < -0.3 is 14.2 Å². The summed E-state index contributed by atoms with van der Waals surface area (Å²) in [6.45, 7) is 6.61. The molecule has 0 aliphatic rings. The summed E-state index contributed by atoms with van der Waals surface area (Å²) in [5.41, 5.74) is 0. The summed E-state index contributed by atoms with van der Waals surface area (Å²) in [4.78, 5) is 38.3. The van der Waals surface area contributed by atoms with E-state index in [0.717, 1.165) is 64.2 Å². The van der Waals surface area contributed by atoms with Crippen LogP contribution in [0.2, 0.25) is 0 Å². The molecule has 6 nitrogen and oxygen atoms in total. The van der Waals surface area contributed by atoms with Crippen LogP contribution >= 0.6 is 0 Å². The number of allylic oxidation sites excluding steroid dienone is 10. The number of rotatable bonds is 58. The van der Waals surface area contributed by atoms with Crippen LogP contribution < -0.4 is 0 Å². The molecule has 0 rings (SSSR count). The van der Waals surface area contributed by atoms with Crippen molar-refractivity contribution in [2.24, 2.45) is 0 Å². The van der Waals surface area contributed by atoms with Gasteiger partial charge in [-0.1, -0.05) is 287 Å². The lowest BCUT2D eigenvalue weighted by Crippen LogP contribution is -2.30. The predicted octanol–water partition coefficient (Wildman–Crippen LogP) is 21.6. The fourth-order valence-corrected chi connectivity index (χ4v) is 9.20. The molecule has 0 heterocycles. The number of carbonyl (C=O) groups is 3. The van der Waals surface area contributed by atoms with Gasteiger partial charge in [0.25, 0.3) is 0 Å². The maximum Gasteiger partial charge on any atom is 0.306 e. The van der Waals surface area contributed by atoms with E-state index in [1.165, 1.54) is 218 Å². The fraction of sp³-hybridized carbons (Fsp3) is 0.806. The fourth-order valence-electron chi connectivity index (χ4n) is 9.20. The minimum atomic E-state index is -0.798. The second-order valence-electron chi connectivity index (χ2n) is 21.3. The van der Waals surface area contributed by atoms with Gasteiger partial charge in [-0.05, 0) is 83.5 Å². The maximum atomic E-state index is 12.9. The second-order valence-corrected chi connectivity index (χ2v) is 21.3. The van der Waals surface area contributed by atoms with E-state index in [2.05, 4.69) is 81.5 Å². The number of hydrogen-bond acceptors (Lipinski definition) is 6. The normalized spacial score (nSPS) is 12.4. The molecule has 0 fully saturated rings. The molecule has 0 spiro atoms. The van der Waals surface area contributed by atoms with Crippen molar-refractivity contribution in [2.75, 3.05) is 13.2 Å². The van der Waals surface area contributed by atoms with Crippen LogP contribution in [-0.2, 0) is 28.6 Å². The average Bonchev–Trinajstić information content (AvgIpc) is 3.39. The molecule has 0 bridgehead atoms. The lowest BCUT2D eigenvalue weighted by Gasteiger charge is -2.18. The topological polar surface area (TPSA) is 78.9 Å². The zero-order valence-electron chi connectivity index (χ0n) is 48.7. The van der Waals surface area contributed by atoms with Crippen molar-refractivity contribution in [1.82, 2.24) is 0 Å². The molecule has 6 heteroatoms. The predicted molar refractivity (Wildman–Crippen MR) is 316 cm³/mol. The molecule has 0 radical (unpaired) electrons. The summed E-state index contributed by atoms with van der Waals surface area (Å²) in [6.07, 6.45) is 78.0. The van der Waals surface area contributed by atoms with Gasteiger partial charge >= 0.3 is 17.9 Å². The summed E-state index contributed by atoms with van der Waals surface area (Å²) in [7, 11) is 0. The van der Waals surface area contributed by atoms with Crippen molar-refractivity contribution in [3.63, 3.8) is 0 Å². The van der Waals surface area contributed by atoms with Crippen molar-refractivity contribution < 1.29 is 28.6 Å². The van der Waals surface area contributed by atoms with Gasteiger partial charge in [0, 0.05) is 19.3 Å². The highest BCUT2D eigenvalue weighted by atomic mass is 16.6. The highest BCUT2D eigenvalue weighted by Crippen LogP contribution is 2.17. The van der Waals surface area contributed by atoms with Crippen molar-refractivity contribution >= 4 is 17.9 Å². The van der Waals surface area contributed by atoms with Crippen molar-refractivity contribution in [2.45, 2.75) is 335 Å². The maximum absolute atomic E-state index is 12.9. The average molecular weight is 1020 g/mol. The molecule has 0 aromatic carbocycles. The smallest absolute Gasteiger partial charge is 0.306 e. The Morgan fingerprint density at radius 1 is 0.274 bits per heavy atom. The SMILES string of the molecule is CCCCC/C=C\C/C=C\C/C=C\C/C=C\CCCC(=O)OC[C@H](COC(=O)CCCCCCCCCCCCCCCCCCCCCCC)OC(=O)CCCCCCCCC/C=C\CCCCCCCC. The molecular formula is C67H120O6. The van der Waals surface area contributed by atoms with Crippen LogP contribution in [-0.4, -0.2) is 37.2 Å². The lowest BCUT2D eigenvalue weighted by molar-refractivity contribution is -0.167. The van der Waals surface area contributed by atoms with Crippen LogP contribution in [0.1, 0.15) is 329 Å². The van der Waals surface area contributed by atoms with E-state index in [1.807, 2.05) is 0 Å². The number of esters is 3. The monoisotopic (exact) mass is 1020 g/mol. The van der Waals surface area contributed by atoms with Gasteiger partial charge in [0.1, 0.15) is 13.2 Å². The Bertz CT molecular complexity index is 1310. The first-order valence-corrected chi connectivity index (χ1v) is 31.8. The molecule has 0 aliphatic heterocycles. The molecule has 0 saturated carbocycles. The van der Waals surface area contributed by atoms with Crippen LogP contribution in [0.4, 0.5) is 0 Å². The number of unbranched alkanes of at least 4 members (excludes halogenated alkanes) is 37. The molecule has 0 saturated heterocycles. The third-order valence-corrected chi connectivity index (χ3v) is 14.0. The molecular weight excluding hydrogens is 901 g/mol. The van der Waals surface area contributed by atoms with Crippen molar-refractivity contribution in [3.05, 3.63) is 60.8 Å². The Kier molecular flexibility index (Phi) is 59.2. The van der Waals surface area contributed by atoms with Crippen LogP contribution in [0, 0.1) is 0 Å². The summed E-state index contributed by atoms with van der Waals surface area (Å²) < 4.78 is 16.9. The largest absolute Gasteiger partial charge is 0.462 e. The Hall–Kier alpha value is -2.89. The van der Waals surface area contributed by atoms with Crippen molar-refractivity contribution in [3.8, 4) is 0 Å². The van der Waals surface area contributed by atoms with E-state index in [9.17, 15) is 14.4 Å². The van der Waals surface area contributed by atoms with Gasteiger partial charge in [-0.15, -0.1) is 0 Å². The summed E-state index contributed by atoms with van der Waals surface area (Å²) >= 11 is 0. The first-order valence-electron chi connectivity index (χ1n) is 31.8. The Morgan fingerprint density at radius 3 is 0.863 bits per heavy atom. The van der Waals surface area contributed by atoms with Gasteiger partial charge in [0.15, 0.2) is 6.10 Å². The highest BCUT2D eigenvalue weighted by Gasteiger charge is 2.19. The van der Waals surface area contributed by atoms with Crippen molar-refractivity contribution in [1.29, 1.82) is 0 Å². The Balaban J connectivity index is 4.40. The second kappa shape index (κ2) is 61.7. The van der Waals surface area contributed by atoms with Gasteiger partial charge in [0.2, 0.25) is 0 Å². The zero-order valence-corrected chi connectivity index (χ0v) is 48.7. The van der Waals surface area contributed by atoms with Crippen LogP contribution in [0.15, 0.2) is 60.8 Å². The van der Waals surface area contributed by atoms with Crippen LogP contribution in [0.3, 0.4) is 0 Å². The lowest BCUT2D eigenvalue weighted by atomic mass is 10.0. The van der Waals surface area contributed by atoms with Gasteiger partial charge in [-0.25, -0.2) is 0 Å². The summed E-state index contributed by atoms with van der Waals surface area (Å²) in [6, 6.07) is 0. The van der Waals surface area contributed by atoms with E-state index in [4.69, 9.17) is 14.2 Å². The Morgan fingerprint density at radius 2 is 0.507 bits per heavy atom. The van der Waals surface area contributed by atoms with Crippen LogP contribution in [0.5, 0.6) is 0 Å². The molecule has 73 heavy (non-hydrogen) atoms. The van der Waals surface area contributed by atoms with Gasteiger partial charge in [-0.3, -0.25) is 14.4 Å². The molecule has 0 aliphatic carbocycles. The minimum absolute atomic E-state index is 0.0897.